The van der Waals surface area contributed by atoms with Gasteiger partial charge in [0.1, 0.15) is 15.6 Å². The zero-order valence-corrected chi connectivity index (χ0v) is 22.4. The molecule has 4 rings (SSSR count). The summed E-state index contributed by atoms with van der Waals surface area (Å²) in [6.45, 7) is 1.40. The number of carboxylic acids is 2. The molecule has 210 valence electrons. The highest BCUT2D eigenvalue weighted by Gasteiger charge is 2.38. The van der Waals surface area contributed by atoms with Crippen LogP contribution in [0.2, 0.25) is 4.34 Å². The smallest absolute Gasteiger partial charge is 0.478 e. The van der Waals surface area contributed by atoms with Gasteiger partial charge in [0, 0.05) is 13.1 Å². The molecule has 2 aromatic heterocycles. The van der Waals surface area contributed by atoms with Gasteiger partial charge in [-0.25, -0.2) is 23.0 Å². The zero-order chi connectivity index (χ0) is 28.8. The first-order valence-corrected chi connectivity index (χ1v) is 14.0. The summed E-state index contributed by atoms with van der Waals surface area (Å²) in [6.07, 6.45) is -0.863. The fraction of sp³-hybridized carbons (Fsp3) is 0.292. The van der Waals surface area contributed by atoms with Crippen molar-refractivity contribution in [2.24, 2.45) is 5.92 Å². The third-order valence-electron chi connectivity index (χ3n) is 5.69. The number of hydrogen-bond acceptors (Lipinski definition) is 7. The Kier molecular flexibility index (Phi) is 9.80. The van der Waals surface area contributed by atoms with Crippen LogP contribution in [0.1, 0.15) is 28.8 Å². The average molecular weight is 606 g/mol. The van der Waals surface area contributed by atoms with Gasteiger partial charge in [0.25, 0.3) is 10.0 Å². The Balaban J connectivity index is 0.000000532. The average Bonchev–Trinajstić information content (AvgIpc) is 3.32. The summed E-state index contributed by atoms with van der Waals surface area (Å²) in [5.41, 5.74) is 1.37. The summed E-state index contributed by atoms with van der Waals surface area (Å²) >= 11 is 6.75. The minimum Gasteiger partial charge on any atom is -0.478 e. The Morgan fingerprint density at radius 3 is 2.23 bits per heavy atom. The second kappa shape index (κ2) is 12.7. The number of nitrogens with zero attached hydrogens (tertiary/aromatic N) is 2. The van der Waals surface area contributed by atoms with Crippen LogP contribution in [0.3, 0.4) is 0 Å². The van der Waals surface area contributed by atoms with E-state index in [1.165, 1.54) is 30.0 Å². The fourth-order valence-corrected chi connectivity index (χ4v) is 6.38. The monoisotopic (exact) mass is 605 g/mol. The Labute approximate surface area is 230 Å². The number of thiophene rings is 1. The molecule has 0 saturated carbocycles. The van der Waals surface area contributed by atoms with Crippen LogP contribution in [0.5, 0.6) is 0 Å². The van der Waals surface area contributed by atoms with Crippen molar-refractivity contribution in [3.05, 3.63) is 70.2 Å². The first kappa shape index (κ1) is 30.2. The van der Waals surface area contributed by atoms with E-state index in [1.807, 2.05) is 23.1 Å². The maximum absolute atomic E-state index is 12.5. The Bertz CT molecular complexity index is 1410. The number of rotatable bonds is 7. The molecule has 0 bridgehead atoms. The van der Waals surface area contributed by atoms with Crippen LogP contribution < -0.4 is 9.62 Å². The lowest BCUT2D eigenvalue weighted by molar-refractivity contribution is -0.192. The number of benzene rings is 1. The molecule has 15 heteroatoms. The molecule has 1 fully saturated rings. The van der Waals surface area contributed by atoms with Gasteiger partial charge in [-0.05, 0) is 48.9 Å². The van der Waals surface area contributed by atoms with Gasteiger partial charge in [-0.15, -0.1) is 11.3 Å². The van der Waals surface area contributed by atoms with Crippen molar-refractivity contribution in [1.29, 1.82) is 0 Å². The lowest BCUT2D eigenvalue weighted by atomic mass is 9.90. The van der Waals surface area contributed by atoms with Crippen molar-refractivity contribution in [3.63, 3.8) is 0 Å². The number of piperidine rings is 1. The number of anilines is 2. The molecule has 3 heterocycles. The van der Waals surface area contributed by atoms with Crippen molar-refractivity contribution in [1.82, 2.24) is 4.98 Å². The van der Waals surface area contributed by atoms with Crippen molar-refractivity contribution in [3.8, 4) is 0 Å². The Hall–Kier alpha value is -3.36. The summed E-state index contributed by atoms with van der Waals surface area (Å²) in [7, 11) is -3.87. The SMILES string of the molecule is O=C(O)C(F)(F)F.O=C(O)c1cc(NS(=O)(=O)c2ccc(Cl)s2)cnc1N1CCC(Cc2ccccc2)CC1. The van der Waals surface area contributed by atoms with Crippen LogP contribution >= 0.6 is 22.9 Å². The van der Waals surface area contributed by atoms with Gasteiger partial charge in [0.05, 0.1) is 16.2 Å². The lowest BCUT2D eigenvalue weighted by Crippen LogP contribution is -2.36. The number of carboxylic acid groups (broad SMARTS) is 2. The van der Waals surface area contributed by atoms with E-state index in [1.54, 1.807) is 0 Å². The Morgan fingerprint density at radius 2 is 1.72 bits per heavy atom. The number of pyridine rings is 1. The van der Waals surface area contributed by atoms with E-state index in [2.05, 4.69) is 21.8 Å². The number of hydrogen-bond donors (Lipinski definition) is 3. The van der Waals surface area contributed by atoms with Crippen LogP contribution in [0.4, 0.5) is 24.7 Å². The number of carbonyl (C=O) groups is 2. The minimum atomic E-state index is -5.08. The molecule has 0 atom stereocenters. The maximum atomic E-state index is 12.5. The second-order valence-corrected chi connectivity index (χ2v) is 12.1. The predicted molar refractivity (Wildman–Crippen MR) is 140 cm³/mol. The summed E-state index contributed by atoms with van der Waals surface area (Å²) in [4.78, 5) is 27.1. The molecule has 0 radical (unpaired) electrons. The van der Waals surface area contributed by atoms with Gasteiger partial charge in [0.2, 0.25) is 0 Å². The number of sulfonamides is 1. The maximum Gasteiger partial charge on any atom is 0.490 e. The van der Waals surface area contributed by atoms with Crippen LogP contribution in [0.15, 0.2) is 58.9 Å². The molecule has 3 N–H and O–H groups in total. The summed E-state index contributed by atoms with van der Waals surface area (Å²) in [6, 6.07) is 14.5. The molecular weight excluding hydrogens is 583 g/mol. The first-order chi connectivity index (χ1) is 18.3. The van der Waals surface area contributed by atoms with Crippen LogP contribution in [0.25, 0.3) is 0 Å². The van der Waals surface area contributed by atoms with E-state index in [0.717, 1.165) is 30.6 Å². The molecule has 1 aliphatic heterocycles. The largest absolute Gasteiger partial charge is 0.490 e. The van der Waals surface area contributed by atoms with E-state index in [9.17, 15) is 31.5 Å². The van der Waals surface area contributed by atoms with Gasteiger partial charge >= 0.3 is 18.1 Å². The third kappa shape index (κ3) is 8.57. The van der Waals surface area contributed by atoms with Crippen LogP contribution in [0, 0.1) is 5.92 Å². The third-order valence-corrected chi connectivity index (χ3v) is 8.79. The van der Waals surface area contributed by atoms with Gasteiger partial charge in [-0.3, -0.25) is 4.72 Å². The fourth-order valence-electron chi connectivity index (χ4n) is 3.87. The molecule has 1 aromatic carbocycles. The van der Waals surface area contributed by atoms with Crippen LogP contribution in [-0.2, 0) is 21.2 Å². The topological polar surface area (TPSA) is 137 Å². The van der Waals surface area contributed by atoms with Crippen molar-refractivity contribution < 1.29 is 41.4 Å². The molecule has 0 spiro atoms. The van der Waals surface area contributed by atoms with Crippen LogP contribution in [-0.4, -0.2) is 54.8 Å². The van der Waals surface area contributed by atoms with E-state index in [-0.39, 0.29) is 15.5 Å². The summed E-state index contributed by atoms with van der Waals surface area (Å²) in [5, 5.41) is 16.9. The molecule has 0 unspecified atom stereocenters. The molecule has 3 aromatic rings. The van der Waals surface area contributed by atoms with E-state index >= 15 is 0 Å². The highest BCUT2D eigenvalue weighted by molar-refractivity contribution is 7.94. The lowest BCUT2D eigenvalue weighted by Gasteiger charge is -2.33. The quantitative estimate of drug-likeness (QED) is 0.326. The predicted octanol–water partition coefficient (Wildman–Crippen LogP) is 5.39. The number of alkyl halides is 3. The van der Waals surface area contributed by atoms with E-state index < -0.39 is 28.1 Å². The summed E-state index contributed by atoms with van der Waals surface area (Å²) in [5.74, 6) is -3.02. The standard InChI is InChI=1S/C22H22ClN3O4S2.C2HF3O2/c23-19-6-7-20(31-19)32(29,30)25-17-13-18(22(27)28)21(24-14-17)26-10-8-16(9-11-26)12-15-4-2-1-3-5-15;3-2(4,5)1(6)7/h1-7,13-14,16,25H,8-12H2,(H,27,28);(H,6,7). The molecule has 0 aliphatic carbocycles. The highest BCUT2D eigenvalue weighted by Crippen LogP contribution is 2.30. The molecule has 1 aliphatic rings. The molecule has 0 amide bonds. The van der Waals surface area contributed by atoms with Gasteiger partial charge in [0.15, 0.2) is 0 Å². The van der Waals surface area contributed by atoms with Crippen molar-refractivity contribution in [2.75, 3.05) is 22.7 Å². The number of aromatic carboxylic acids is 1. The van der Waals surface area contributed by atoms with E-state index in [0.29, 0.717) is 29.2 Å². The first-order valence-electron chi connectivity index (χ1n) is 11.4. The van der Waals surface area contributed by atoms with Crippen molar-refractivity contribution >= 4 is 56.4 Å². The van der Waals surface area contributed by atoms with Gasteiger partial charge in [-0.2, -0.15) is 13.2 Å². The number of aromatic nitrogens is 1. The molecule has 39 heavy (non-hydrogen) atoms. The number of aliphatic carboxylic acids is 1. The number of halogens is 4. The normalized spacial score (nSPS) is 14.3. The van der Waals surface area contributed by atoms with E-state index in [4.69, 9.17) is 21.5 Å². The highest BCUT2D eigenvalue weighted by atomic mass is 35.5. The van der Waals surface area contributed by atoms with Crippen molar-refractivity contribution in [2.45, 2.75) is 29.6 Å². The second-order valence-electron chi connectivity index (χ2n) is 8.49. The Morgan fingerprint density at radius 1 is 1.10 bits per heavy atom. The van der Waals surface area contributed by atoms with Gasteiger partial charge < -0.3 is 15.1 Å². The molecular formula is C24H23ClF3N3O6S2. The minimum absolute atomic E-state index is 0.0316. The number of nitrogens with one attached hydrogen (secondary N) is 1. The van der Waals surface area contributed by atoms with Gasteiger partial charge in [-0.1, -0.05) is 41.9 Å². The molecule has 9 nitrogen and oxygen atoms in total. The zero-order valence-electron chi connectivity index (χ0n) is 20.1. The molecule has 1 saturated heterocycles. The summed E-state index contributed by atoms with van der Waals surface area (Å²) < 4.78 is 59.6.